The maximum Gasteiger partial charge on any atom is 0.222 e. The van der Waals surface area contributed by atoms with Crippen molar-refractivity contribution in [3.05, 3.63) is 22.4 Å². The van der Waals surface area contributed by atoms with Crippen LogP contribution in [0.1, 0.15) is 38.6 Å². The summed E-state index contributed by atoms with van der Waals surface area (Å²) in [6.45, 7) is 9.83. The maximum atomic E-state index is 11.5. The van der Waals surface area contributed by atoms with Crippen LogP contribution in [0.5, 0.6) is 0 Å². The molecule has 3 N–H and O–H groups in total. The first kappa shape index (κ1) is 17.5. The van der Waals surface area contributed by atoms with Crippen LogP contribution in [-0.2, 0) is 4.79 Å². The standard InChI is InChI=1S/C15H26N4OS/c1-5-16-15(18-9-8-17-14(20)11(2)3)19-12(4)13-7-6-10-21-13/h6-7,10-12H,5,8-9H2,1-4H3,(H,17,20)(H2,16,18,19). The third-order valence-corrected chi connectivity index (χ3v) is 3.93. The molecular formula is C15H26N4OS. The highest BCUT2D eigenvalue weighted by atomic mass is 32.1. The highest BCUT2D eigenvalue weighted by Gasteiger charge is 2.08. The number of amides is 1. The van der Waals surface area contributed by atoms with E-state index in [0.29, 0.717) is 13.1 Å². The van der Waals surface area contributed by atoms with Crippen molar-refractivity contribution >= 4 is 23.2 Å². The van der Waals surface area contributed by atoms with Gasteiger partial charge in [-0.05, 0) is 25.3 Å². The second-order valence-corrected chi connectivity index (χ2v) is 6.07. The van der Waals surface area contributed by atoms with Crippen molar-refractivity contribution in [2.24, 2.45) is 10.9 Å². The van der Waals surface area contributed by atoms with Gasteiger partial charge in [0.15, 0.2) is 5.96 Å². The number of rotatable bonds is 7. The van der Waals surface area contributed by atoms with Crippen LogP contribution in [0.25, 0.3) is 0 Å². The molecule has 5 nitrogen and oxygen atoms in total. The lowest BCUT2D eigenvalue weighted by atomic mass is 10.2. The zero-order chi connectivity index (χ0) is 15.7. The van der Waals surface area contributed by atoms with Gasteiger partial charge in [-0.15, -0.1) is 11.3 Å². The van der Waals surface area contributed by atoms with E-state index in [1.165, 1.54) is 4.88 Å². The second-order valence-electron chi connectivity index (χ2n) is 5.09. The predicted molar refractivity (Wildman–Crippen MR) is 89.7 cm³/mol. The van der Waals surface area contributed by atoms with Crippen molar-refractivity contribution in [1.29, 1.82) is 0 Å². The topological polar surface area (TPSA) is 65.5 Å². The lowest BCUT2D eigenvalue weighted by Crippen LogP contribution is -2.39. The summed E-state index contributed by atoms with van der Waals surface area (Å²) in [5, 5.41) is 11.5. The summed E-state index contributed by atoms with van der Waals surface area (Å²) in [5.41, 5.74) is 0. The van der Waals surface area contributed by atoms with Gasteiger partial charge in [-0.25, -0.2) is 0 Å². The van der Waals surface area contributed by atoms with Gasteiger partial charge in [0.25, 0.3) is 0 Å². The monoisotopic (exact) mass is 310 g/mol. The molecule has 0 aliphatic carbocycles. The molecule has 1 aromatic rings. The fourth-order valence-corrected chi connectivity index (χ4v) is 2.42. The van der Waals surface area contributed by atoms with Crippen molar-refractivity contribution in [2.45, 2.75) is 33.7 Å². The molecule has 0 saturated carbocycles. The van der Waals surface area contributed by atoms with Gasteiger partial charge < -0.3 is 16.0 Å². The molecule has 6 heteroatoms. The summed E-state index contributed by atoms with van der Waals surface area (Å²) in [7, 11) is 0. The first-order chi connectivity index (χ1) is 10.0. The molecule has 118 valence electrons. The first-order valence-electron chi connectivity index (χ1n) is 7.40. The molecule has 1 amide bonds. The molecule has 0 bridgehead atoms. The lowest BCUT2D eigenvalue weighted by Gasteiger charge is -2.16. The fraction of sp³-hybridized carbons (Fsp3) is 0.600. The molecule has 1 unspecified atom stereocenters. The van der Waals surface area contributed by atoms with E-state index in [0.717, 1.165) is 12.5 Å². The van der Waals surface area contributed by atoms with Gasteiger partial charge in [0.05, 0.1) is 12.6 Å². The van der Waals surface area contributed by atoms with Gasteiger partial charge in [0, 0.05) is 23.9 Å². The summed E-state index contributed by atoms with van der Waals surface area (Å²) in [6.07, 6.45) is 0. The van der Waals surface area contributed by atoms with E-state index in [1.54, 1.807) is 11.3 Å². The number of hydrogen-bond donors (Lipinski definition) is 3. The molecule has 0 aromatic carbocycles. The van der Waals surface area contributed by atoms with E-state index >= 15 is 0 Å². The molecule has 1 atom stereocenters. The summed E-state index contributed by atoms with van der Waals surface area (Å²) in [5.74, 6) is 0.853. The minimum atomic E-state index is 0.0131. The molecule has 0 spiro atoms. The minimum Gasteiger partial charge on any atom is -0.357 e. The highest BCUT2D eigenvalue weighted by Crippen LogP contribution is 2.17. The number of guanidine groups is 1. The number of carbonyl (C=O) groups is 1. The van der Waals surface area contributed by atoms with E-state index in [9.17, 15) is 4.79 Å². The van der Waals surface area contributed by atoms with Crippen LogP contribution < -0.4 is 16.0 Å². The highest BCUT2D eigenvalue weighted by molar-refractivity contribution is 7.10. The SMILES string of the molecule is CCNC(=NCCNC(=O)C(C)C)NC(C)c1cccs1. The normalized spacial score (nSPS) is 13.1. The van der Waals surface area contributed by atoms with Crippen LogP contribution in [0, 0.1) is 5.92 Å². The Bertz CT molecular complexity index is 443. The molecule has 0 saturated heterocycles. The average molecular weight is 310 g/mol. The zero-order valence-electron chi connectivity index (χ0n) is 13.3. The molecule has 1 aromatic heterocycles. The summed E-state index contributed by atoms with van der Waals surface area (Å²) < 4.78 is 0. The third-order valence-electron chi connectivity index (χ3n) is 2.87. The Morgan fingerprint density at radius 2 is 2.10 bits per heavy atom. The van der Waals surface area contributed by atoms with Gasteiger partial charge in [-0.3, -0.25) is 9.79 Å². The predicted octanol–water partition coefficient (Wildman–Crippen LogP) is 2.14. The molecule has 1 heterocycles. The number of aliphatic imine (C=N–C) groups is 1. The largest absolute Gasteiger partial charge is 0.357 e. The second kappa shape index (κ2) is 9.39. The average Bonchev–Trinajstić information content (AvgIpc) is 2.97. The van der Waals surface area contributed by atoms with Crippen LogP contribution in [0.2, 0.25) is 0 Å². The van der Waals surface area contributed by atoms with Crippen molar-refractivity contribution in [1.82, 2.24) is 16.0 Å². The van der Waals surface area contributed by atoms with Crippen LogP contribution in [-0.4, -0.2) is 31.5 Å². The quantitative estimate of drug-likeness (QED) is 0.411. The number of hydrogen-bond acceptors (Lipinski definition) is 3. The van der Waals surface area contributed by atoms with Crippen molar-refractivity contribution < 1.29 is 4.79 Å². The molecule has 0 aliphatic rings. The lowest BCUT2D eigenvalue weighted by molar-refractivity contribution is -0.123. The molecule has 1 rings (SSSR count). The Balaban J connectivity index is 2.44. The van der Waals surface area contributed by atoms with E-state index in [-0.39, 0.29) is 17.9 Å². The van der Waals surface area contributed by atoms with Crippen LogP contribution in [0.3, 0.4) is 0 Å². The number of nitrogens with one attached hydrogen (secondary N) is 3. The Labute approximate surface area is 131 Å². The smallest absolute Gasteiger partial charge is 0.222 e. The minimum absolute atomic E-state index is 0.0131. The van der Waals surface area contributed by atoms with Crippen LogP contribution in [0.15, 0.2) is 22.5 Å². The van der Waals surface area contributed by atoms with E-state index in [2.05, 4.69) is 39.3 Å². The van der Waals surface area contributed by atoms with Crippen molar-refractivity contribution in [3.63, 3.8) is 0 Å². The molecule has 21 heavy (non-hydrogen) atoms. The van der Waals surface area contributed by atoms with Gasteiger partial charge in [0.2, 0.25) is 5.91 Å². The number of thiophene rings is 1. The van der Waals surface area contributed by atoms with Crippen LogP contribution in [0.4, 0.5) is 0 Å². The van der Waals surface area contributed by atoms with Gasteiger partial charge >= 0.3 is 0 Å². The van der Waals surface area contributed by atoms with Gasteiger partial charge in [0.1, 0.15) is 0 Å². The molecule has 0 aliphatic heterocycles. The number of nitrogens with zero attached hydrogens (tertiary/aromatic N) is 1. The van der Waals surface area contributed by atoms with E-state index in [1.807, 2.05) is 26.8 Å². The van der Waals surface area contributed by atoms with Gasteiger partial charge in [-0.1, -0.05) is 19.9 Å². The molecule has 0 fully saturated rings. The summed E-state index contributed by atoms with van der Waals surface area (Å²) in [6, 6.07) is 4.37. The fourth-order valence-electron chi connectivity index (χ4n) is 1.68. The Kier molecular flexibility index (Phi) is 7.82. The van der Waals surface area contributed by atoms with Crippen molar-refractivity contribution in [3.8, 4) is 0 Å². The Morgan fingerprint density at radius 3 is 2.67 bits per heavy atom. The van der Waals surface area contributed by atoms with E-state index in [4.69, 9.17) is 0 Å². The van der Waals surface area contributed by atoms with Gasteiger partial charge in [-0.2, -0.15) is 0 Å². The Morgan fingerprint density at radius 1 is 1.33 bits per heavy atom. The van der Waals surface area contributed by atoms with Crippen LogP contribution >= 0.6 is 11.3 Å². The first-order valence-corrected chi connectivity index (χ1v) is 8.28. The Hall–Kier alpha value is -1.56. The zero-order valence-corrected chi connectivity index (χ0v) is 14.1. The molecule has 0 radical (unpaired) electrons. The number of carbonyl (C=O) groups excluding carboxylic acids is 1. The summed E-state index contributed by atoms with van der Waals surface area (Å²) in [4.78, 5) is 17.2. The maximum absolute atomic E-state index is 11.5. The molecular weight excluding hydrogens is 284 g/mol. The van der Waals surface area contributed by atoms with Crippen molar-refractivity contribution in [2.75, 3.05) is 19.6 Å². The summed E-state index contributed by atoms with van der Waals surface area (Å²) >= 11 is 1.72. The van der Waals surface area contributed by atoms with E-state index < -0.39 is 0 Å². The third kappa shape index (κ3) is 6.62.